The lowest BCUT2D eigenvalue weighted by molar-refractivity contribution is 0.863. The van der Waals surface area contributed by atoms with Gasteiger partial charge in [-0.1, -0.05) is 6.07 Å². The summed E-state index contributed by atoms with van der Waals surface area (Å²) in [6.07, 6.45) is 0. The van der Waals surface area contributed by atoms with Crippen LogP contribution in [0.4, 0.5) is 11.8 Å². The van der Waals surface area contributed by atoms with E-state index in [0.29, 0.717) is 12.5 Å². The van der Waals surface area contributed by atoms with Crippen molar-refractivity contribution in [3.8, 4) is 0 Å². The molecule has 0 radical (unpaired) electrons. The van der Waals surface area contributed by atoms with Gasteiger partial charge >= 0.3 is 0 Å². The number of fused-ring (bicyclic) bond motifs is 1. The van der Waals surface area contributed by atoms with Crippen LogP contribution in [0.5, 0.6) is 0 Å². The van der Waals surface area contributed by atoms with Crippen molar-refractivity contribution < 1.29 is 0 Å². The van der Waals surface area contributed by atoms with Gasteiger partial charge in [-0.25, -0.2) is 4.98 Å². The van der Waals surface area contributed by atoms with E-state index in [1.54, 1.807) is 11.3 Å². The molecule has 0 fully saturated rings. The Kier molecular flexibility index (Phi) is 3.47. The van der Waals surface area contributed by atoms with E-state index >= 15 is 0 Å². The molecule has 3 heterocycles. The van der Waals surface area contributed by atoms with Crippen LogP contribution in [0.3, 0.4) is 0 Å². The van der Waals surface area contributed by atoms with Gasteiger partial charge in [0.05, 0.1) is 17.6 Å². The van der Waals surface area contributed by atoms with Gasteiger partial charge < -0.3 is 10.6 Å². The third-order valence-electron chi connectivity index (χ3n) is 3.22. The summed E-state index contributed by atoms with van der Waals surface area (Å²) >= 11 is 1.63. The number of thiophene rings is 1. The number of nitrogens with two attached hydrogens (primary N) is 1. The maximum Gasteiger partial charge on any atom is 0.223 e. The minimum Gasteiger partial charge on any atom is -0.368 e. The first-order valence-electron chi connectivity index (χ1n) is 6.70. The Hall–Kier alpha value is -2.21. The fraction of sp³-hybridized carbons (Fsp3) is 0.267. The summed E-state index contributed by atoms with van der Waals surface area (Å²) in [6, 6.07) is 8.13. The second-order valence-electron chi connectivity index (χ2n) is 5.11. The standard InChI is InChI=1S/C15H17N5S/c1-9-5-4-6-11(17-9)8-20(3)13-12-7-10(2)21-14(12)19-15(16)18-13/h4-7H,8H2,1-3H3,(H2,16,18,19). The van der Waals surface area contributed by atoms with Crippen molar-refractivity contribution in [2.24, 2.45) is 0 Å². The Morgan fingerprint density at radius 1 is 1.19 bits per heavy atom. The average Bonchev–Trinajstić information content (AvgIpc) is 2.77. The zero-order valence-corrected chi connectivity index (χ0v) is 13.1. The van der Waals surface area contributed by atoms with Gasteiger partial charge in [-0.15, -0.1) is 11.3 Å². The number of nitrogens with zero attached hydrogens (tertiary/aromatic N) is 4. The molecule has 3 rings (SSSR count). The molecule has 21 heavy (non-hydrogen) atoms. The average molecular weight is 299 g/mol. The van der Waals surface area contributed by atoms with Gasteiger partial charge in [0.2, 0.25) is 5.95 Å². The van der Waals surface area contributed by atoms with Crippen molar-refractivity contribution >= 4 is 33.3 Å². The van der Waals surface area contributed by atoms with Crippen LogP contribution in [-0.2, 0) is 6.54 Å². The predicted octanol–water partition coefficient (Wildman–Crippen LogP) is 2.92. The molecule has 3 aromatic rings. The highest BCUT2D eigenvalue weighted by atomic mass is 32.1. The highest BCUT2D eigenvalue weighted by molar-refractivity contribution is 7.18. The molecule has 5 nitrogen and oxygen atoms in total. The van der Waals surface area contributed by atoms with Gasteiger partial charge in [-0.05, 0) is 32.0 Å². The summed E-state index contributed by atoms with van der Waals surface area (Å²) in [7, 11) is 2.00. The quantitative estimate of drug-likeness (QED) is 0.805. The van der Waals surface area contributed by atoms with Crippen molar-refractivity contribution in [2.45, 2.75) is 20.4 Å². The van der Waals surface area contributed by atoms with Gasteiger partial charge in [-0.3, -0.25) is 4.98 Å². The van der Waals surface area contributed by atoms with E-state index in [4.69, 9.17) is 5.73 Å². The minimum atomic E-state index is 0.309. The maximum absolute atomic E-state index is 5.83. The zero-order valence-electron chi connectivity index (χ0n) is 12.3. The fourth-order valence-electron chi connectivity index (χ4n) is 2.34. The SMILES string of the molecule is Cc1cccc(CN(C)c2nc(N)nc3sc(C)cc23)n1. The van der Waals surface area contributed by atoms with E-state index in [0.717, 1.165) is 27.4 Å². The maximum atomic E-state index is 5.83. The molecule has 6 heteroatoms. The monoisotopic (exact) mass is 299 g/mol. The lowest BCUT2D eigenvalue weighted by Crippen LogP contribution is -2.19. The molecule has 0 amide bonds. The number of aromatic nitrogens is 3. The van der Waals surface area contributed by atoms with Crippen LogP contribution in [0.25, 0.3) is 10.2 Å². The number of hydrogen-bond donors (Lipinski definition) is 1. The van der Waals surface area contributed by atoms with Crippen molar-refractivity contribution in [1.29, 1.82) is 0 Å². The summed E-state index contributed by atoms with van der Waals surface area (Å²) in [5.74, 6) is 1.16. The number of aryl methyl sites for hydroxylation is 2. The summed E-state index contributed by atoms with van der Waals surface area (Å²) < 4.78 is 0. The second-order valence-corrected chi connectivity index (χ2v) is 6.34. The molecule has 0 bridgehead atoms. The van der Waals surface area contributed by atoms with Crippen molar-refractivity contribution in [3.63, 3.8) is 0 Å². The molecule has 0 aliphatic heterocycles. The zero-order chi connectivity index (χ0) is 15.0. The van der Waals surface area contributed by atoms with Gasteiger partial charge in [0.1, 0.15) is 10.6 Å². The Labute approximate surface area is 127 Å². The van der Waals surface area contributed by atoms with Crippen molar-refractivity contribution in [3.05, 3.63) is 40.5 Å². The number of rotatable bonds is 3. The largest absolute Gasteiger partial charge is 0.368 e. The Bertz CT molecular complexity index is 796. The van der Waals surface area contributed by atoms with Crippen LogP contribution < -0.4 is 10.6 Å². The Morgan fingerprint density at radius 3 is 2.76 bits per heavy atom. The third-order valence-corrected chi connectivity index (χ3v) is 4.16. The summed E-state index contributed by atoms with van der Waals surface area (Å²) in [4.78, 5) is 17.4. The van der Waals surface area contributed by atoms with Crippen LogP contribution in [0.2, 0.25) is 0 Å². The molecular formula is C15H17N5S. The molecule has 3 aromatic heterocycles. The van der Waals surface area contributed by atoms with E-state index in [1.807, 2.05) is 32.2 Å². The van der Waals surface area contributed by atoms with Crippen molar-refractivity contribution in [2.75, 3.05) is 17.7 Å². The van der Waals surface area contributed by atoms with Crippen LogP contribution in [0, 0.1) is 13.8 Å². The van der Waals surface area contributed by atoms with Crippen LogP contribution >= 0.6 is 11.3 Å². The molecule has 0 aromatic carbocycles. The first-order valence-corrected chi connectivity index (χ1v) is 7.52. The van der Waals surface area contributed by atoms with E-state index in [-0.39, 0.29) is 0 Å². The Balaban J connectivity index is 1.99. The molecule has 0 spiro atoms. The van der Waals surface area contributed by atoms with Gasteiger partial charge in [-0.2, -0.15) is 4.98 Å². The normalized spacial score (nSPS) is 11.0. The smallest absolute Gasteiger partial charge is 0.223 e. The third kappa shape index (κ3) is 2.80. The van der Waals surface area contributed by atoms with Crippen molar-refractivity contribution in [1.82, 2.24) is 15.0 Å². The first-order chi connectivity index (χ1) is 10.0. The molecule has 108 valence electrons. The minimum absolute atomic E-state index is 0.309. The molecular weight excluding hydrogens is 282 g/mol. The van der Waals surface area contributed by atoms with Gasteiger partial charge in [0, 0.05) is 17.6 Å². The fourth-order valence-corrected chi connectivity index (χ4v) is 3.22. The van der Waals surface area contributed by atoms with Crippen LogP contribution in [-0.4, -0.2) is 22.0 Å². The van der Waals surface area contributed by atoms with Gasteiger partial charge in [0.15, 0.2) is 0 Å². The van der Waals surface area contributed by atoms with Crippen LogP contribution in [0.1, 0.15) is 16.3 Å². The molecule has 0 aliphatic carbocycles. The highest BCUT2D eigenvalue weighted by Gasteiger charge is 2.13. The molecule has 0 saturated carbocycles. The lowest BCUT2D eigenvalue weighted by atomic mass is 10.3. The number of hydrogen-bond acceptors (Lipinski definition) is 6. The number of nitrogen functional groups attached to an aromatic ring is 1. The molecule has 0 unspecified atom stereocenters. The van der Waals surface area contributed by atoms with Gasteiger partial charge in [0.25, 0.3) is 0 Å². The molecule has 0 saturated heterocycles. The summed E-state index contributed by atoms with van der Waals surface area (Å²) in [5, 5.41) is 1.04. The number of anilines is 2. The second kappa shape index (κ2) is 5.29. The number of pyridine rings is 1. The lowest BCUT2D eigenvalue weighted by Gasteiger charge is -2.19. The topological polar surface area (TPSA) is 67.9 Å². The molecule has 2 N–H and O–H groups in total. The summed E-state index contributed by atoms with van der Waals surface area (Å²) in [6.45, 7) is 4.74. The predicted molar refractivity (Wildman–Crippen MR) is 87.6 cm³/mol. The highest BCUT2D eigenvalue weighted by Crippen LogP contribution is 2.31. The van der Waals surface area contributed by atoms with E-state index in [1.165, 1.54) is 4.88 Å². The summed E-state index contributed by atoms with van der Waals surface area (Å²) in [5.41, 5.74) is 7.85. The van der Waals surface area contributed by atoms with E-state index < -0.39 is 0 Å². The first kappa shape index (κ1) is 13.8. The van der Waals surface area contributed by atoms with E-state index in [2.05, 4.69) is 32.8 Å². The molecule has 0 aliphatic rings. The Morgan fingerprint density at radius 2 is 2.00 bits per heavy atom. The van der Waals surface area contributed by atoms with E-state index in [9.17, 15) is 0 Å². The molecule has 0 atom stereocenters. The van der Waals surface area contributed by atoms with Crippen LogP contribution in [0.15, 0.2) is 24.3 Å².